The first-order valence-electron chi connectivity index (χ1n) is 12.9. The van der Waals surface area contributed by atoms with Crippen LogP contribution in [0.4, 0.5) is 27.9 Å². The predicted octanol–water partition coefficient (Wildman–Crippen LogP) is 1.52. The van der Waals surface area contributed by atoms with E-state index in [2.05, 4.69) is 48.5 Å². The zero-order valence-electron chi connectivity index (χ0n) is 21.9. The molecule has 3 atom stereocenters. The number of nitriles is 2. The van der Waals surface area contributed by atoms with Gasteiger partial charge in [0.2, 0.25) is 11.9 Å². The van der Waals surface area contributed by atoms with E-state index < -0.39 is 30.1 Å². The van der Waals surface area contributed by atoms with Crippen LogP contribution in [0.1, 0.15) is 37.4 Å². The topological polar surface area (TPSA) is 222 Å². The van der Waals surface area contributed by atoms with E-state index in [4.69, 9.17) is 17.3 Å². The number of hydrogen-bond acceptors (Lipinski definition) is 11. The van der Waals surface area contributed by atoms with Crippen LogP contribution in [-0.2, 0) is 4.79 Å². The number of rotatable bonds is 9. The van der Waals surface area contributed by atoms with Crippen molar-refractivity contribution in [1.29, 1.82) is 10.5 Å². The molecule has 2 fully saturated rings. The highest BCUT2D eigenvalue weighted by Crippen LogP contribution is 2.37. The van der Waals surface area contributed by atoms with E-state index in [1.54, 1.807) is 19.1 Å². The maximum Gasteiger partial charge on any atom is 0.404 e. The third-order valence-electron chi connectivity index (χ3n) is 6.98. The molecule has 212 valence electrons. The van der Waals surface area contributed by atoms with Gasteiger partial charge < -0.3 is 31.7 Å². The molecule has 7 N–H and O–H groups in total. The Morgan fingerprint density at radius 3 is 2.66 bits per heavy atom. The largest absolute Gasteiger partial charge is 0.465 e. The van der Waals surface area contributed by atoms with Crippen LogP contribution in [0.2, 0.25) is 5.02 Å². The van der Waals surface area contributed by atoms with Crippen LogP contribution in [0.5, 0.6) is 0 Å². The fourth-order valence-corrected chi connectivity index (χ4v) is 4.99. The number of nitrogens with one attached hydrogen (secondary N) is 4. The summed E-state index contributed by atoms with van der Waals surface area (Å²) >= 11 is 6.87. The van der Waals surface area contributed by atoms with E-state index in [-0.39, 0.29) is 29.3 Å². The maximum atomic E-state index is 11.7. The number of piperidine rings is 1. The van der Waals surface area contributed by atoms with Gasteiger partial charge in [0.05, 0.1) is 46.3 Å². The Hall–Kier alpha value is -4.86. The molecule has 2 amide bonds. The van der Waals surface area contributed by atoms with Gasteiger partial charge in [0.1, 0.15) is 6.07 Å². The standard InChI is InChI=1S/C25H27ClN12O3/c1-12(21(29)39)31-18-11-37(5-4-16(18)34-25(40)41)19-7-13(8-27)6-17(20(19)26)33-24-35-22(32-14-2-3-14)23-30-10-15(9-28)38(23)36-24/h6-7,10,12,14,16,18,31,34H,2-5,11H2,1H3,(H2,29,39)(H,40,41)(H2,32,33,35,36)/t12-,16-,18?/m0/s1. The minimum absolute atomic E-state index is 0.136. The minimum atomic E-state index is -1.18. The van der Waals surface area contributed by atoms with Crippen molar-refractivity contribution >= 4 is 52.4 Å². The number of aromatic nitrogens is 4. The molecule has 1 unspecified atom stereocenters. The zero-order chi connectivity index (χ0) is 29.3. The number of carbonyl (C=O) groups is 2. The lowest BCUT2D eigenvalue weighted by atomic mass is 9.97. The zero-order valence-corrected chi connectivity index (χ0v) is 22.7. The van der Waals surface area contributed by atoms with Gasteiger partial charge in [0.25, 0.3) is 0 Å². The third kappa shape index (κ3) is 6.01. The molecule has 1 aliphatic carbocycles. The summed E-state index contributed by atoms with van der Waals surface area (Å²) < 4.78 is 1.39. The number of imidazole rings is 1. The smallest absolute Gasteiger partial charge is 0.404 e. The van der Waals surface area contributed by atoms with Gasteiger partial charge in [0.15, 0.2) is 17.2 Å². The van der Waals surface area contributed by atoms with E-state index in [1.165, 1.54) is 10.7 Å². The number of carbonyl (C=O) groups excluding carboxylic acids is 1. The Bertz CT molecular complexity index is 1590. The van der Waals surface area contributed by atoms with Crippen molar-refractivity contribution in [2.24, 2.45) is 5.73 Å². The second kappa shape index (κ2) is 11.3. The Kier molecular flexibility index (Phi) is 7.65. The molecule has 3 aromatic rings. The van der Waals surface area contributed by atoms with Gasteiger partial charge in [0, 0.05) is 25.2 Å². The highest BCUT2D eigenvalue weighted by Gasteiger charge is 2.33. The monoisotopic (exact) mass is 578 g/mol. The van der Waals surface area contributed by atoms with Crippen molar-refractivity contribution < 1.29 is 14.7 Å². The predicted molar refractivity (Wildman–Crippen MR) is 149 cm³/mol. The first kappa shape index (κ1) is 27.7. The van der Waals surface area contributed by atoms with Crippen molar-refractivity contribution in [2.75, 3.05) is 28.6 Å². The molecule has 2 aromatic heterocycles. The highest BCUT2D eigenvalue weighted by atomic mass is 35.5. The number of hydrogen-bond donors (Lipinski definition) is 6. The molecule has 0 bridgehead atoms. The molecule has 0 spiro atoms. The summed E-state index contributed by atoms with van der Waals surface area (Å²) in [5, 5.41) is 45.3. The average Bonchev–Trinajstić information content (AvgIpc) is 3.66. The van der Waals surface area contributed by atoms with Crippen molar-refractivity contribution in [1.82, 2.24) is 30.2 Å². The van der Waals surface area contributed by atoms with Crippen LogP contribution in [0.15, 0.2) is 18.3 Å². The number of carboxylic acid groups (broad SMARTS) is 1. The number of anilines is 4. The molecule has 1 saturated carbocycles. The summed E-state index contributed by atoms with van der Waals surface area (Å²) in [4.78, 5) is 33.8. The lowest BCUT2D eigenvalue weighted by Gasteiger charge is -2.41. The van der Waals surface area contributed by atoms with Crippen LogP contribution in [0, 0.1) is 22.7 Å². The van der Waals surface area contributed by atoms with Gasteiger partial charge in [-0.2, -0.15) is 20.0 Å². The van der Waals surface area contributed by atoms with Gasteiger partial charge >= 0.3 is 6.09 Å². The number of primary amides is 1. The molecule has 2 aliphatic rings. The van der Waals surface area contributed by atoms with Crippen molar-refractivity contribution in [3.05, 3.63) is 34.6 Å². The molecular formula is C25H27ClN12O3. The number of benzene rings is 1. The number of amides is 2. The first-order chi connectivity index (χ1) is 19.7. The fourth-order valence-electron chi connectivity index (χ4n) is 4.72. The first-order valence-corrected chi connectivity index (χ1v) is 13.3. The second-order valence-corrected chi connectivity index (χ2v) is 10.4. The fraction of sp³-hybridized carbons (Fsp3) is 0.400. The van der Waals surface area contributed by atoms with Gasteiger partial charge in [-0.1, -0.05) is 11.6 Å². The number of halogens is 1. The number of fused-ring (bicyclic) bond motifs is 1. The Morgan fingerprint density at radius 2 is 2.00 bits per heavy atom. The van der Waals surface area contributed by atoms with E-state index in [9.17, 15) is 25.2 Å². The summed E-state index contributed by atoms with van der Waals surface area (Å²) in [6.07, 6.45) is 2.63. The summed E-state index contributed by atoms with van der Waals surface area (Å²) in [5.41, 5.74) is 7.27. The van der Waals surface area contributed by atoms with Crippen molar-refractivity contribution in [2.45, 2.75) is 50.4 Å². The van der Waals surface area contributed by atoms with Crippen LogP contribution in [0.25, 0.3) is 5.65 Å². The molecule has 1 saturated heterocycles. The molecule has 41 heavy (non-hydrogen) atoms. The van der Waals surface area contributed by atoms with Crippen molar-refractivity contribution in [3.8, 4) is 12.1 Å². The quantitative estimate of drug-likeness (QED) is 0.212. The summed E-state index contributed by atoms with van der Waals surface area (Å²) in [7, 11) is 0. The summed E-state index contributed by atoms with van der Waals surface area (Å²) in [5.74, 6) is 0.0270. The van der Waals surface area contributed by atoms with E-state index in [1.807, 2.05) is 4.90 Å². The average molecular weight is 579 g/mol. The van der Waals surface area contributed by atoms with Gasteiger partial charge in [-0.25, -0.2) is 9.78 Å². The highest BCUT2D eigenvalue weighted by molar-refractivity contribution is 6.36. The minimum Gasteiger partial charge on any atom is -0.465 e. The second-order valence-electron chi connectivity index (χ2n) is 9.97. The molecule has 3 heterocycles. The maximum absolute atomic E-state index is 11.7. The normalized spacial score (nSPS) is 19.2. The van der Waals surface area contributed by atoms with E-state index in [0.717, 1.165) is 12.8 Å². The van der Waals surface area contributed by atoms with Gasteiger partial charge in [-0.05, 0) is 38.3 Å². The van der Waals surface area contributed by atoms with Crippen LogP contribution < -0.4 is 31.9 Å². The third-order valence-corrected chi connectivity index (χ3v) is 7.37. The van der Waals surface area contributed by atoms with Crippen LogP contribution >= 0.6 is 11.6 Å². The summed E-state index contributed by atoms with van der Waals surface area (Å²) in [6, 6.07) is 6.00. The van der Waals surface area contributed by atoms with E-state index in [0.29, 0.717) is 41.4 Å². The lowest BCUT2D eigenvalue weighted by Crippen LogP contribution is -2.62. The van der Waals surface area contributed by atoms with Crippen molar-refractivity contribution in [3.63, 3.8) is 0 Å². The molecular weight excluding hydrogens is 552 g/mol. The van der Waals surface area contributed by atoms with Crippen LogP contribution in [-0.4, -0.2) is 73.9 Å². The summed E-state index contributed by atoms with van der Waals surface area (Å²) in [6.45, 7) is 2.29. The Balaban J connectivity index is 1.47. The Morgan fingerprint density at radius 1 is 1.22 bits per heavy atom. The molecule has 5 rings (SSSR count). The SMILES string of the molecule is C[C@H](NC1CN(c2cc(C#N)cc(Nc3nc(NC4CC4)c4ncc(C#N)n4n3)c2Cl)CC[C@@H]1NC(=O)O)C(N)=O. The lowest BCUT2D eigenvalue weighted by molar-refractivity contribution is -0.119. The van der Waals surface area contributed by atoms with Crippen LogP contribution in [0.3, 0.4) is 0 Å². The number of nitrogens with two attached hydrogens (primary N) is 1. The Labute approximate surface area is 239 Å². The molecule has 1 aliphatic heterocycles. The number of nitrogens with zero attached hydrogens (tertiary/aromatic N) is 7. The molecule has 15 nitrogen and oxygen atoms in total. The molecule has 1 aromatic carbocycles. The van der Waals surface area contributed by atoms with E-state index >= 15 is 0 Å². The van der Waals surface area contributed by atoms with Gasteiger partial charge in [-0.3, -0.25) is 10.1 Å². The van der Waals surface area contributed by atoms with Gasteiger partial charge in [-0.15, -0.1) is 5.10 Å². The molecule has 0 radical (unpaired) electrons. The molecule has 16 heteroatoms.